The molecule has 1 saturated heterocycles. The van der Waals surface area contributed by atoms with Crippen LogP contribution in [-0.2, 0) is 0 Å². The molecule has 0 radical (unpaired) electrons. The Balaban J connectivity index is 0.00000256. The summed E-state index contributed by atoms with van der Waals surface area (Å²) in [4.78, 5) is 10.3. The fourth-order valence-corrected chi connectivity index (χ4v) is 4.24. The van der Waals surface area contributed by atoms with Gasteiger partial charge in [-0.2, -0.15) is 13.5 Å². The number of nitrogens with zero attached hydrogens (tertiary/aromatic N) is 2. The van der Waals surface area contributed by atoms with E-state index < -0.39 is 0 Å². The molecule has 1 aliphatic heterocycles. The Hall–Kier alpha value is -2.13. The van der Waals surface area contributed by atoms with Crippen LogP contribution < -0.4 is 20.7 Å². The minimum atomic E-state index is 0. The van der Waals surface area contributed by atoms with E-state index in [1.165, 1.54) is 4.88 Å². The van der Waals surface area contributed by atoms with E-state index in [1.807, 2.05) is 31.4 Å². The maximum atomic E-state index is 6.36. The zero-order valence-electron chi connectivity index (χ0n) is 17.1. The van der Waals surface area contributed by atoms with Crippen LogP contribution in [0.3, 0.4) is 0 Å². The van der Waals surface area contributed by atoms with Gasteiger partial charge in [-0.3, -0.25) is 0 Å². The van der Waals surface area contributed by atoms with Gasteiger partial charge in [-0.05, 0) is 56.2 Å². The van der Waals surface area contributed by atoms with Crippen molar-refractivity contribution in [2.24, 2.45) is 0 Å². The second-order valence-corrected chi connectivity index (χ2v) is 8.12. The van der Waals surface area contributed by atoms with Crippen molar-refractivity contribution < 1.29 is 4.74 Å². The zero-order valence-corrected chi connectivity index (χ0v) is 18.9. The number of benzene rings is 1. The molecule has 3 aromatic rings. The highest BCUT2D eigenvalue weighted by molar-refractivity contribution is 7.59. The average Bonchev–Trinajstić information content (AvgIpc) is 3.46. The summed E-state index contributed by atoms with van der Waals surface area (Å²) in [6, 6.07) is 14.7. The molecular weight excluding hydrogens is 414 g/mol. The summed E-state index contributed by atoms with van der Waals surface area (Å²) in [5, 5.41) is 12.1. The van der Waals surface area contributed by atoms with Crippen LogP contribution in [0.15, 0.2) is 54.0 Å². The summed E-state index contributed by atoms with van der Waals surface area (Å²) in [7, 11) is 1.97. The summed E-state index contributed by atoms with van der Waals surface area (Å²) in [5.41, 5.74) is 1.91. The predicted molar refractivity (Wildman–Crippen MR) is 129 cm³/mol. The minimum absolute atomic E-state index is 0. The number of hydrogen-bond donors (Lipinski definition) is 3. The molecule has 1 aromatic carbocycles. The van der Waals surface area contributed by atoms with E-state index in [1.54, 1.807) is 11.3 Å². The van der Waals surface area contributed by atoms with E-state index in [2.05, 4.69) is 50.6 Å². The number of anilines is 1. The number of thiophene rings is 1. The monoisotopic (exact) mass is 443 g/mol. The van der Waals surface area contributed by atoms with Gasteiger partial charge in [0.1, 0.15) is 11.9 Å². The fraction of sp³-hybridized carbons (Fsp3) is 0.364. The van der Waals surface area contributed by atoms with Gasteiger partial charge in [-0.25, -0.2) is 9.97 Å². The molecule has 160 valence electrons. The first-order chi connectivity index (χ1) is 14.3. The van der Waals surface area contributed by atoms with E-state index in [4.69, 9.17) is 9.72 Å². The topological polar surface area (TPSA) is 71.1 Å². The maximum Gasteiger partial charge on any atom is 0.223 e. The van der Waals surface area contributed by atoms with Crippen molar-refractivity contribution in [3.8, 4) is 17.0 Å². The molecule has 1 fully saturated rings. The Morgan fingerprint density at radius 3 is 2.97 bits per heavy atom. The summed E-state index contributed by atoms with van der Waals surface area (Å²) in [6.45, 7) is 2.89. The lowest BCUT2D eigenvalue weighted by atomic mass is 10.1. The van der Waals surface area contributed by atoms with Gasteiger partial charge in [0.2, 0.25) is 5.95 Å². The highest BCUT2D eigenvalue weighted by Crippen LogP contribution is 2.30. The lowest BCUT2D eigenvalue weighted by Crippen LogP contribution is -2.23. The molecule has 0 bridgehead atoms. The Kier molecular flexibility index (Phi) is 8.50. The third kappa shape index (κ3) is 5.95. The number of hydrogen-bond acceptors (Lipinski definition) is 7. The van der Waals surface area contributed by atoms with E-state index in [9.17, 15) is 0 Å². The van der Waals surface area contributed by atoms with E-state index in [0.717, 1.165) is 49.5 Å². The first-order valence-corrected chi connectivity index (χ1v) is 10.9. The standard InChI is InChI=1S/C22H27N5OS.H2S/c1-23-10-9-20(21-6-3-13-29-21)28-18-5-2-4-16(14-18)19-8-12-25-22(27-19)26-17-7-11-24-15-17;/h2-6,8,12-14,17,20,23-24H,7,9-11,15H2,1H3,(H,25,26,27);1H2/t17-,20+;/m0./s1. The first kappa shape index (κ1) is 22.6. The van der Waals surface area contributed by atoms with Crippen molar-refractivity contribution in [1.29, 1.82) is 0 Å². The molecule has 4 rings (SSSR count). The fourth-order valence-electron chi connectivity index (χ4n) is 3.45. The van der Waals surface area contributed by atoms with Crippen molar-refractivity contribution in [1.82, 2.24) is 20.6 Å². The Labute approximate surface area is 188 Å². The lowest BCUT2D eigenvalue weighted by molar-refractivity contribution is 0.199. The second-order valence-electron chi connectivity index (χ2n) is 7.14. The normalized spacial score (nSPS) is 16.6. The van der Waals surface area contributed by atoms with Crippen LogP contribution in [0.1, 0.15) is 23.8 Å². The summed E-state index contributed by atoms with van der Waals surface area (Å²) < 4.78 is 6.36. The zero-order chi connectivity index (χ0) is 19.9. The molecule has 0 spiro atoms. The molecule has 0 saturated carbocycles. The van der Waals surface area contributed by atoms with E-state index >= 15 is 0 Å². The molecule has 30 heavy (non-hydrogen) atoms. The van der Waals surface area contributed by atoms with Gasteiger partial charge in [0.05, 0.1) is 5.69 Å². The lowest BCUT2D eigenvalue weighted by Gasteiger charge is -2.18. The van der Waals surface area contributed by atoms with Crippen LogP contribution >= 0.6 is 24.8 Å². The van der Waals surface area contributed by atoms with Crippen LogP contribution in [0.4, 0.5) is 5.95 Å². The van der Waals surface area contributed by atoms with E-state index in [0.29, 0.717) is 12.0 Å². The van der Waals surface area contributed by atoms with Gasteiger partial charge < -0.3 is 20.7 Å². The molecule has 3 heterocycles. The Bertz CT molecular complexity index is 900. The van der Waals surface area contributed by atoms with Crippen LogP contribution in [-0.4, -0.2) is 42.7 Å². The quantitative estimate of drug-likeness (QED) is 0.467. The number of aromatic nitrogens is 2. The Morgan fingerprint density at radius 2 is 2.20 bits per heavy atom. The minimum Gasteiger partial charge on any atom is -0.485 e. The van der Waals surface area contributed by atoms with Gasteiger partial charge in [-0.1, -0.05) is 18.2 Å². The van der Waals surface area contributed by atoms with Crippen molar-refractivity contribution in [2.45, 2.75) is 25.0 Å². The molecule has 2 atom stereocenters. The van der Waals surface area contributed by atoms with Crippen molar-refractivity contribution >= 4 is 30.8 Å². The molecular formula is C22H29N5OS2. The third-order valence-corrected chi connectivity index (χ3v) is 5.94. The molecule has 0 unspecified atom stereocenters. The highest BCUT2D eigenvalue weighted by Gasteiger charge is 2.16. The molecule has 0 amide bonds. The average molecular weight is 444 g/mol. The van der Waals surface area contributed by atoms with Crippen LogP contribution in [0.25, 0.3) is 11.3 Å². The van der Waals surface area contributed by atoms with Gasteiger partial charge in [0, 0.05) is 35.6 Å². The molecule has 1 aliphatic rings. The van der Waals surface area contributed by atoms with Gasteiger partial charge in [0.15, 0.2) is 0 Å². The van der Waals surface area contributed by atoms with Crippen molar-refractivity contribution in [2.75, 3.05) is 32.0 Å². The predicted octanol–water partition coefficient (Wildman–Crippen LogP) is 3.82. The number of nitrogens with one attached hydrogen (secondary N) is 3. The second kappa shape index (κ2) is 11.3. The molecule has 6 nitrogen and oxygen atoms in total. The largest absolute Gasteiger partial charge is 0.485 e. The molecule has 8 heteroatoms. The van der Waals surface area contributed by atoms with Crippen LogP contribution in [0.5, 0.6) is 5.75 Å². The SMILES string of the molecule is CNCC[C@@H](Oc1cccc(-c2ccnc(N[C@H]3CCNC3)n2)c1)c1cccs1.S. The van der Waals surface area contributed by atoms with Gasteiger partial charge in [-0.15, -0.1) is 11.3 Å². The molecule has 0 aliphatic carbocycles. The first-order valence-electron chi connectivity index (χ1n) is 10.1. The molecule has 2 aromatic heterocycles. The summed E-state index contributed by atoms with van der Waals surface area (Å²) in [6.07, 6.45) is 3.85. The number of rotatable bonds is 9. The summed E-state index contributed by atoms with van der Waals surface area (Å²) >= 11 is 1.73. The van der Waals surface area contributed by atoms with Crippen molar-refractivity contribution in [3.63, 3.8) is 0 Å². The summed E-state index contributed by atoms with van der Waals surface area (Å²) in [5.74, 6) is 1.53. The van der Waals surface area contributed by atoms with Crippen LogP contribution in [0.2, 0.25) is 0 Å². The van der Waals surface area contributed by atoms with E-state index in [-0.39, 0.29) is 19.6 Å². The van der Waals surface area contributed by atoms with Gasteiger partial charge in [0.25, 0.3) is 0 Å². The smallest absolute Gasteiger partial charge is 0.223 e. The van der Waals surface area contributed by atoms with Crippen molar-refractivity contribution in [3.05, 3.63) is 58.9 Å². The third-order valence-electron chi connectivity index (χ3n) is 4.97. The highest BCUT2D eigenvalue weighted by atomic mass is 32.1. The maximum absolute atomic E-state index is 6.36. The molecule has 3 N–H and O–H groups in total. The van der Waals surface area contributed by atoms with Gasteiger partial charge >= 0.3 is 0 Å². The number of ether oxygens (including phenoxy) is 1. The van der Waals surface area contributed by atoms with Crippen LogP contribution in [0, 0.1) is 0 Å². The Morgan fingerprint density at radius 1 is 1.27 bits per heavy atom.